The number of benzene rings is 2. The lowest BCUT2D eigenvalue weighted by Gasteiger charge is -2.12. The minimum atomic E-state index is -0.823. The molecule has 0 atom stereocenters. The standard InChI is InChI=1S/C24H23FN2O5/c1-15(2)13-26-23(29)18-5-3-4-6-19(18)27-22(28)14-31-24(30)21-12-11-20(32-21)16-7-9-17(25)10-8-16/h3-12,15H,13-14H2,1-2H3,(H,26,29)(H,27,28). The molecule has 0 unspecified atom stereocenters. The molecule has 166 valence electrons. The maximum Gasteiger partial charge on any atom is 0.374 e. The first-order valence-corrected chi connectivity index (χ1v) is 10.0. The second-order valence-electron chi connectivity index (χ2n) is 7.44. The summed E-state index contributed by atoms with van der Waals surface area (Å²) in [5.41, 5.74) is 1.21. The van der Waals surface area contributed by atoms with Gasteiger partial charge in [-0.05, 0) is 54.4 Å². The third-order valence-corrected chi connectivity index (χ3v) is 4.39. The number of para-hydroxylation sites is 1. The van der Waals surface area contributed by atoms with Crippen molar-refractivity contribution < 1.29 is 27.9 Å². The zero-order chi connectivity index (χ0) is 23.1. The van der Waals surface area contributed by atoms with Crippen LogP contribution in [0.1, 0.15) is 34.8 Å². The van der Waals surface area contributed by atoms with Crippen LogP contribution in [0.2, 0.25) is 0 Å². The van der Waals surface area contributed by atoms with Crippen molar-refractivity contribution in [1.29, 1.82) is 0 Å². The number of amides is 2. The first-order chi connectivity index (χ1) is 15.3. The number of furan rings is 1. The molecule has 3 rings (SSSR count). The van der Waals surface area contributed by atoms with Crippen molar-refractivity contribution in [2.75, 3.05) is 18.5 Å². The van der Waals surface area contributed by atoms with Gasteiger partial charge in [-0.25, -0.2) is 9.18 Å². The number of esters is 1. The van der Waals surface area contributed by atoms with Gasteiger partial charge in [0.25, 0.3) is 11.8 Å². The van der Waals surface area contributed by atoms with Crippen molar-refractivity contribution in [3.05, 3.63) is 77.8 Å². The fourth-order valence-electron chi connectivity index (χ4n) is 2.79. The molecule has 2 N–H and O–H groups in total. The lowest BCUT2D eigenvalue weighted by Crippen LogP contribution is -2.29. The zero-order valence-corrected chi connectivity index (χ0v) is 17.7. The lowest BCUT2D eigenvalue weighted by atomic mass is 10.1. The predicted octanol–water partition coefficient (Wildman–Crippen LogP) is 4.27. The molecular weight excluding hydrogens is 415 g/mol. The summed E-state index contributed by atoms with van der Waals surface area (Å²) in [5.74, 6) is -1.57. The molecule has 3 aromatic rings. The summed E-state index contributed by atoms with van der Waals surface area (Å²) in [4.78, 5) is 36.8. The second kappa shape index (κ2) is 10.4. The van der Waals surface area contributed by atoms with E-state index in [9.17, 15) is 18.8 Å². The van der Waals surface area contributed by atoms with Gasteiger partial charge < -0.3 is 19.8 Å². The number of halogens is 1. The third-order valence-electron chi connectivity index (χ3n) is 4.39. The predicted molar refractivity (Wildman–Crippen MR) is 117 cm³/mol. The van der Waals surface area contributed by atoms with Crippen molar-refractivity contribution in [3.63, 3.8) is 0 Å². The molecule has 0 aliphatic rings. The van der Waals surface area contributed by atoms with E-state index in [1.54, 1.807) is 30.3 Å². The van der Waals surface area contributed by atoms with E-state index in [0.717, 1.165) is 0 Å². The highest BCUT2D eigenvalue weighted by atomic mass is 19.1. The van der Waals surface area contributed by atoms with Crippen molar-refractivity contribution in [1.82, 2.24) is 5.32 Å². The summed E-state index contributed by atoms with van der Waals surface area (Å²) in [6.45, 7) is 3.89. The fourth-order valence-corrected chi connectivity index (χ4v) is 2.79. The molecule has 7 nitrogen and oxygen atoms in total. The number of hydrogen-bond donors (Lipinski definition) is 2. The Kier molecular flexibility index (Phi) is 7.38. The Morgan fingerprint density at radius 1 is 1.00 bits per heavy atom. The number of hydrogen-bond acceptors (Lipinski definition) is 5. The number of rotatable bonds is 8. The van der Waals surface area contributed by atoms with Gasteiger partial charge in [-0.2, -0.15) is 0 Å². The van der Waals surface area contributed by atoms with Gasteiger partial charge in [-0.1, -0.05) is 26.0 Å². The van der Waals surface area contributed by atoms with E-state index in [2.05, 4.69) is 10.6 Å². The van der Waals surface area contributed by atoms with Crippen molar-refractivity contribution in [2.45, 2.75) is 13.8 Å². The van der Waals surface area contributed by atoms with Crippen molar-refractivity contribution >= 4 is 23.5 Å². The Hall–Kier alpha value is -3.94. The van der Waals surface area contributed by atoms with E-state index >= 15 is 0 Å². The molecule has 1 aromatic heterocycles. The van der Waals surface area contributed by atoms with E-state index in [1.165, 1.54) is 30.3 Å². The minimum Gasteiger partial charge on any atom is -0.450 e. The van der Waals surface area contributed by atoms with Gasteiger partial charge in [-0.15, -0.1) is 0 Å². The summed E-state index contributed by atoms with van der Waals surface area (Å²) >= 11 is 0. The normalized spacial score (nSPS) is 10.6. The largest absolute Gasteiger partial charge is 0.450 e. The highest BCUT2D eigenvalue weighted by molar-refractivity contribution is 6.04. The Morgan fingerprint density at radius 2 is 1.72 bits per heavy atom. The van der Waals surface area contributed by atoms with Gasteiger partial charge in [0.05, 0.1) is 11.3 Å². The molecule has 8 heteroatoms. The maximum absolute atomic E-state index is 13.0. The Labute approximate surface area is 184 Å². The molecular formula is C24H23FN2O5. The van der Waals surface area contributed by atoms with E-state index in [-0.39, 0.29) is 23.4 Å². The third kappa shape index (κ3) is 6.04. The fraction of sp³-hybridized carbons (Fsp3) is 0.208. The lowest BCUT2D eigenvalue weighted by molar-refractivity contribution is -0.119. The van der Waals surface area contributed by atoms with Crippen LogP contribution >= 0.6 is 0 Å². The monoisotopic (exact) mass is 438 g/mol. The van der Waals surface area contributed by atoms with E-state index in [0.29, 0.717) is 29.1 Å². The molecule has 2 aromatic carbocycles. The molecule has 0 aliphatic carbocycles. The van der Waals surface area contributed by atoms with Gasteiger partial charge in [0.1, 0.15) is 11.6 Å². The van der Waals surface area contributed by atoms with Gasteiger partial charge in [-0.3, -0.25) is 9.59 Å². The SMILES string of the molecule is CC(C)CNC(=O)c1ccccc1NC(=O)COC(=O)c1ccc(-c2ccc(F)cc2)o1. The molecule has 0 saturated carbocycles. The molecule has 1 heterocycles. The van der Waals surface area contributed by atoms with Crippen LogP contribution in [0.25, 0.3) is 11.3 Å². The number of anilines is 1. The average Bonchev–Trinajstić information content (AvgIpc) is 3.27. The Morgan fingerprint density at radius 3 is 2.44 bits per heavy atom. The minimum absolute atomic E-state index is 0.0920. The van der Waals surface area contributed by atoms with Crippen LogP contribution in [0.15, 0.2) is 65.1 Å². The summed E-state index contributed by atoms with van der Waals surface area (Å²) in [6.07, 6.45) is 0. The molecule has 0 aliphatic heterocycles. The van der Waals surface area contributed by atoms with Crippen LogP contribution in [0.4, 0.5) is 10.1 Å². The number of nitrogens with one attached hydrogen (secondary N) is 2. The first kappa shape index (κ1) is 22.7. The van der Waals surface area contributed by atoms with E-state index < -0.39 is 18.5 Å². The number of ether oxygens (including phenoxy) is 1. The first-order valence-electron chi connectivity index (χ1n) is 10.0. The Bertz CT molecular complexity index is 1110. The van der Waals surface area contributed by atoms with Gasteiger partial charge in [0, 0.05) is 12.1 Å². The van der Waals surface area contributed by atoms with Crippen LogP contribution in [0.5, 0.6) is 0 Å². The quantitative estimate of drug-likeness (QED) is 0.512. The summed E-state index contributed by atoms with van der Waals surface area (Å²) in [6, 6.07) is 15.1. The zero-order valence-electron chi connectivity index (χ0n) is 17.7. The molecule has 0 spiro atoms. The molecule has 0 saturated heterocycles. The van der Waals surface area contributed by atoms with E-state index in [4.69, 9.17) is 9.15 Å². The second-order valence-corrected chi connectivity index (χ2v) is 7.44. The smallest absolute Gasteiger partial charge is 0.374 e. The van der Waals surface area contributed by atoms with Crippen LogP contribution < -0.4 is 10.6 Å². The van der Waals surface area contributed by atoms with Crippen LogP contribution in [0.3, 0.4) is 0 Å². The summed E-state index contributed by atoms with van der Waals surface area (Å²) in [7, 11) is 0. The molecule has 0 bridgehead atoms. The summed E-state index contributed by atoms with van der Waals surface area (Å²) < 4.78 is 23.5. The molecule has 0 radical (unpaired) electrons. The number of carbonyl (C=O) groups excluding carboxylic acids is 3. The van der Waals surface area contributed by atoms with Crippen LogP contribution in [-0.4, -0.2) is 30.9 Å². The molecule has 2 amide bonds. The highest BCUT2D eigenvalue weighted by Gasteiger charge is 2.17. The average molecular weight is 438 g/mol. The molecule has 0 fully saturated rings. The van der Waals surface area contributed by atoms with Gasteiger partial charge >= 0.3 is 5.97 Å². The van der Waals surface area contributed by atoms with E-state index in [1.807, 2.05) is 13.8 Å². The number of carbonyl (C=O) groups is 3. The highest BCUT2D eigenvalue weighted by Crippen LogP contribution is 2.23. The topological polar surface area (TPSA) is 97.6 Å². The van der Waals surface area contributed by atoms with Gasteiger partial charge in [0.15, 0.2) is 6.61 Å². The Balaban J connectivity index is 1.57. The van der Waals surface area contributed by atoms with Gasteiger partial charge in [0.2, 0.25) is 5.76 Å². The summed E-state index contributed by atoms with van der Waals surface area (Å²) in [5, 5.41) is 5.37. The van der Waals surface area contributed by atoms with Crippen LogP contribution in [0, 0.1) is 11.7 Å². The molecule has 32 heavy (non-hydrogen) atoms. The van der Waals surface area contributed by atoms with Crippen LogP contribution in [-0.2, 0) is 9.53 Å². The van der Waals surface area contributed by atoms with Crippen molar-refractivity contribution in [2.24, 2.45) is 5.92 Å². The maximum atomic E-state index is 13.0. The van der Waals surface area contributed by atoms with Crippen molar-refractivity contribution in [3.8, 4) is 11.3 Å².